The molecule has 0 aliphatic heterocycles. The molecule has 15 heavy (non-hydrogen) atoms. The monoisotopic (exact) mass is 204 g/mol. The van der Waals surface area contributed by atoms with E-state index >= 15 is 0 Å². The first-order chi connectivity index (χ1) is 6.97. The molecule has 78 valence electrons. The molecule has 1 aromatic heterocycles. The van der Waals surface area contributed by atoms with Crippen LogP contribution in [-0.4, -0.2) is 15.6 Å². The minimum Gasteiger partial charge on any atom is -0.477 e. The highest BCUT2D eigenvalue weighted by atomic mass is 16.4. The quantitative estimate of drug-likeness (QED) is 0.588. The lowest BCUT2D eigenvalue weighted by molar-refractivity contribution is -0.132. The molecular formula is C11H12N2O2. The van der Waals surface area contributed by atoms with E-state index in [4.69, 9.17) is 10.4 Å². The molecule has 0 aliphatic carbocycles. The van der Waals surface area contributed by atoms with E-state index in [0.717, 1.165) is 17.0 Å². The highest BCUT2D eigenvalue weighted by Crippen LogP contribution is 2.16. The molecule has 0 spiro atoms. The van der Waals surface area contributed by atoms with E-state index in [1.54, 1.807) is 6.07 Å². The van der Waals surface area contributed by atoms with Gasteiger partial charge in [-0.1, -0.05) is 0 Å². The number of carboxylic acids is 1. The first kappa shape index (κ1) is 11.1. The number of hydrogen-bond donors (Lipinski definition) is 1. The molecule has 0 saturated heterocycles. The Morgan fingerprint density at radius 2 is 2.20 bits per heavy atom. The highest BCUT2D eigenvalue weighted by molar-refractivity contribution is 5.96. The van der Waals surface area contributed by atoms with Crippen LogP contribution in [0.1, 0.15) is 17.0 Å². The molecule has 0 aromatic carbocycles. The standard InChI is InChI=1S/C11H12N2O2/c1-7-4-9(8(2)13(7)3)5-10(6-12)11(14)15/h4-5H,1-3H3,(H,14,15)/b10-5-. The number of hydrogen-bond acceptors (Lipinski definition) is 2. The Balaban J connectivity index is 3.25. The zero-order chi connectivity index (χ0) is 11.6. The van der Waals surface area contributed by atoms with Crippen LogP contribution < -0.4 is 0 Å². The van der Waals surface area contributed by atoms with Gasteiger partial charge in [0.15, 0.2) is 0 Å². The van der Waals surface area contributed by atoms with Crippen molar-refractivity contribution in [2.24, 2.45) is 7.05 Å². The molecule has 0 radical (unpaired) electrons. The third-order valence-corrected chi connectivity index (χ3v) is 2.47. The summed E-state index contributed by atoms with van der Waals surface area (Å²) in [6.45, 7) is 3.81. The summed E-state index contributed by atoms with van der Waals surface area (Å²) >= 11 is 0. The number of aromatic nitrogens is 1. The van der Waals surface area contributed by atoms with Crippen molar-refractivity contribution in [3.63, 3.8) is 0 Å². The molecule has 4 nitrogen and oxygen atoms in total. The van der Waals surface area contributed by atoms with Crippen molar-refractivity contribution in [3.8, 4) is 6.07 Å². The number of carbonyl (C=O) groups is 1. The summed E-state index contributed by atoms with van der Waals surface area (Å²) in [4.78, 5) is 10.6. The van der Waals surface area contributed by atoms with Crippen molar-refractivity contribution < 1.29 is 9.90 Å². The fourth-order valence-electron chi connectivity index (χ4n) is 1.33. The SMILES string of the molecule is Cc1cc(/C=C(/C#N)C(=O)O)c(C)n1C. The van der Waals surface area contributed by atoms with Gasteiger partial charge in [-0.05, 0) is 31.6 Å². The maximum absolute atomic E-state index is 10.6. The second-order valence-corrected chi connectivity index (χ2v) is 3.36. The Kier molecular flexibility index (Phi) is 2.96. The summed E-state index contributed by atoms with van der Waals surface area (Å²) in [6, 6.07) is 3.51. The van der Waals surface area contributed by atoms with Gasteiger partial charge in [-0.2, -0.15) is 5.26 Å². The van der Waals surface area contributed by atoms with Crippen LogP contribution in [0.2, 0.25) is 0 Å². The zero-order valence-corrected chi connectivity index (χ0v) is 8.90. The van der Waals surface area contributed by atoms with Gasteiger partial charge in [0.05, 0.1) is 0 Å². The third-order valence-electron chi connectivity index (χ3n) is 2.47. The van der Waals surface area contributed by atoms with Crippen molar-refractivity contribution in [2.75, 3.05) is 0 Å². The largest absolute Gasteiger partial charge is 0.477 e. The Morgan fingerprint density at radius 1 is 1.60 bits per heavy atom. The van der Waals surface area contributed by atoms with Gasteiger partial charge in [0.25, 0.3) is 0 Å². The van der Waals surface area contributed by atoms with Crippen LogP contribution in [0.15, 0.2) is 11.6 Å². The molecule has 4 heteroatoms. The van der Waals surface area contributed by atoms with E-state index in [1.807, 2.05) is 31.5 Å². The second kappa shape index (κ2) is 4.01. The Labute approximate surface area is 88.1 Å². The minimum atomic E-state index is -1.20. The smallest absolute Gasteiger partial charge is 0.346 e. The summed E-state index contributed by atoms with van der Waals surface area (Å²) in [5.74, 6) is -1.20. The molecule has 1 heterocycles. The molecule has 1 rings (SSSR count). The minimum absolute atomic E-state index is 0.247. The third kappa shape index (κ3) is 2.08. The van der Waals surface area contributed by atoms with Crippen LogP contribution in [0.25, 0.3) is 6.08 Å². The number of nitrogens with zero attached hydrogens (tertiary/aromatic N) is 2. The van der Waals surface area contributed by atoms with Crippen LogP contribution in [0.3, 0.4) is 0 Å². The fraction of sp³-hybridized carbons (Fsp3) is 0.273. The molecule has 1 N–H and O–H groups in total. The molecule has 0 saturated carbocycles. The average molecular weight is 204 g/mol. The van der Waals surface area contributed by atoms with E-state index < -0.39 is 5.97 Å². The average Bonchev–Trinajstić information content (AvgIpc) is 2.42. The maximum atomic E-state index is 10.6. The van der Waals surface area contributed by atoms with Gasteiger partial charge in [-0.25, -0.2) is 4.79 Å². The van der Waals surface area contributed by atoms with E-state index in [-0.39, 0.29) is 5.57 Å². The van der Waals surface area contributed by atoms with Crippen molar-refractivity contribution in [1.82, 2.24) is 4.57 Å². The summed E-state index contributed by atoms with van der Waals surface area (Å²) in [5.41, 5.74) is 2.50. The number of nitriles is 1. The van der Waals surface area contributed by atoms with Gasteiger partial charge in [0.1, 0.15) is 11.6 Å². The van der Waals surface area contributed by atoms with Crippen molar-refractivity contribution in [3.05, 3.63) is 28.6 Å². The van der Waals surface area contributed by atoms with Gasteiger partial charge in [-0.3, -0.25) is 0 Å². The van der Waals surface area contributed by atoms with Crippen LogP contribution in [0.5, 0.6) is 0 Å². The fourth-order valence-corrected chi connectivity index (χ4v) is 1.33. The van der Waals surface area contributed by atoms with Crippen molar-refractivity contribution >= 4 is 12.0 Å². The highest BCUT2D eigenvalue weighted by Gasteiger charge is 2.09. The van der Waals surface area contributed by atoms with Gasteiger partial charge < -0.3 is 9.67 Å². The molecule has 0 atom stereocenters. The molecule has 1 aromatic rings. The first-order valence-corrected chi connectivity index (χ1v) is 4.45. The van der Waals surface area contributed by atoms with Gasteiger partial charge >= 0.3 is 5.97 Å². The lowest BCUT2D eigenvalue weighted by atomic mass is 10.1. The van der Waals surface area contributed by atoms with Gasteiger partial charge in [-0.15, -0.1) is 0 Å². The van der Waals surface area contributed by atoms with Gasteiger partial charge in [0.2, 0.25) is 0 Å². The van der Waals surface area contributed by atoms with Crippen LogP contribution in [0, 0.1) is 25.2 Å². The summed E-state index contributed by atoms with van der Waals surface area (Å²) < 4.78 is 1.95. The molecule has 0 amide bonds. The van der Waals surface area contributed by atoms with Crippen LogP contribution >= 0.6 is 0 Å². The molecule has 0 unspecified atom stereocenters. The predicted octanol–water partition coefficient (Wildman–Crippen LogP) is 1.63. The topological polar surface area (TPSA) is 66.0 Å². The Bertz CT molecular complexity index is 476. The normalized spacial score (nSPS) is 11.2. The van der Waals surface area contributed by atoms with E-state index in [2.05, 4.69) is 0 Å². The maximum Gasteiger partial charge on any atom is 0.346 e. The Morgan fingerprint density at radius 3 is 2.53 bits per heavy atom. The first-order valence-electron chi connectivity index (χ1n) is 4.45. The summed E-state index contributed by atoms with van der Waals surface area (Å²) in [7, 11) is 1.90. The van der Waals surface area contributed by atoms with Crippen LogP contribution in [0.4, 0.5) is 0 Å². The van der Waals surface area contributed by atoms with E-state index in [9.17, 15) is 4.79 Å². The lowest BCUT2D eigenvalue weighted by Gasteiger charge is -1.99. The Hall–Kier alpha value is -2.02. The number of aryl methyl sites for hydroxylation is 1. The van der Waals surface area contributed by atoms with Gasteiger partial charge in [0, 0.05) is 18.4 Å². The number of aliphatic carboxylic acids is 1. The van der Waals surface area contributed by atoms with Crippen LogP contribution in [-0.2, 0) is 11.8 Å². The molecule has 0 fully saturated rings. The van der Waals surface area contributed by atoms with Crippen molar-refractivity contribution in [1.29, 1.82) is 5.26 Å². The second-order valence-electron chi connectivity index (χ2n) is 3.36. The predicted molar refractivity (Wildman–Crippen MR) is 56.1 cm³/mol. The molecule has 0 aliphatic rings. The summed E-state index contributed by atoms with van der Waals surface area (Å²) in [5, 5.41) is 17.3. The number of rotatable bonds is 2. The van der Waals surface area contributed by atoms with Crippen molar-refractivity contribution in [2.45, 2.75) is 13.8 Å². The van der Waals surface area contributed by atoms with E-state index in [1.165, 1.54) is 6.08 Å². The molecular weight excluding hydrogens is 192 g/mol. The zero-order valence-electron chi connectivity index (χ0n) is 8.90. The lowest BCUT2D eigenvalue weighted by Crippen LogP contribution is -1.98. The molecule has 0 bridgehead atoms. The van der Waals surface area contributed by atoms with E-state index in [0.29, 0.717) is 0 Å². The number of carboxylic acid groups (broad SMARTS) is 1. The summed E-state index contributed by atoms with van der Waals surface area (Å²) in [6.07, 6.45) is 1.39.